The van der Waals surface area contributed by atoms with Gasteiger partial charge in [0.25, 0.3) is 0 Å². The van der Waals surface area contributed by atoms with Crippen molar-refractivity contribution >= 4 is 21.4 Å². The van der Waals surface area contributed by atoms with Crippen molar-refractivity contribution in [1.82, 2.24) is 9.88 Å². The number of piperidine rings is 1. The predicted molar refractivity (Wildman–Crippen MR) is 114 cm³/mol. The van der Waals surface area contributed by atoms with Gasteiger partial charge in [0.1, 0.15) is 5.37 Å². The fraction of sp³-hybridized carbons (Fsp3) is 0.273. The van der Waals surface area contributed by atoms with Crippen molar-refractivity contribution in [3.63, 3.8) is 0 Å². The molecule has 2 aromatic carbocycles. The smallest absolute Gasteiger partial charge is 0.196 e. The third kappa shape index (κ3) is 3.50. The van der Waals surface area contributed by atoms with Crippen molar-refractivity contribution in [2.45, 2.75) is 36.5 Å². The van der Waals surface area contributed by atoms with E-state index in [4.69, 9.17) is 11.6 Å². The highest BCUT2D eigenvalue weighted by Crippen LogP contribution is 2.36. The molecule has 0 spiro atoms. The van der Waals surface area contributed by atoms with E-state index in [2.05, 4.69) is 5.32 Å². The Bertz CT molecular complexity index is 1100. The van der Waals surface area contributed by atoms with Gasteiger partial charge in [0.15, 0.2) is 9.84 Å². The average Bonchev–Trinajstić information content (AvgIpc) is 3.13. The molecule has 0 bridgehead atoms. The molecule has 0 amide bonds. The number of halogens is 1. The van der Waals surface area contributed by atoms with Gasteiger partial charge in [0.05, 0.1) is 10.6 Å². The molecular weight excluding hydrogens is 392 g/mol. The van der Waals surface area contributed by atoms with Crippen LogP contribution in [0.1, 0.15) is 25.0 Å². The molecule has 4 nitrogen and oxygen atoms in total. The Kier molecular flexibility index (Phi) is 5.32. The third-order valence-electron chi connectivity index (χ3n) is 5.27. The van der Waals surface area contributed by atoms with E-state index in [0.717, 1.165) is 36.2 Å². The standard InChI is InChI=1S/C22H23ClN2O2S/c1-16-7-6-14-25(16)22-19(17-8-4-9-18(23)15-17)10-5-11-20(22)28(26,27)21-12-2-3-13-24-21/h4-11,14-15,21,24H,2-3,12-13H2,1H3. The molecular formula is C22H23ClN2O2S. The van der Waals surface area contributed by atoms with Gasteiger partial charge in [0, 0.05) is 22.5 Å². The minimum atomic E-state index is -3.54. The van der Waals surface area contributed by atoms with E-state index in [1.807, 2.05) is 66.2 Å². The van der Waals surface area contributed by atoms with Crippen molar-refractivity contribution in [3.8, 4) is 16.8 Å². The Morgan fingerprint density at radius 2 is 1.89 bits per heavy atom. The number of nitrogens with one attached hydrogen (secondary N) is 1. The summed E-state index contributed by atoms with van der Waals surface area (Å²) >= 11 is 6.22. The predicted octanol–water partition coefficient (Wildman–Crippen LogP) is 4.98. The molecule has 146 valence electrons. The Balaban J connectivity index is 1.97. The molecule has 1 aliphatic heterocycles. The van der Waals surface area contributed by atoms with Crippen LogP contribution < -0.4 is 5.32 Å². The van der Waals surface area contributed by atoms with Gasteiger partial charge in [-0.25, -0.2) is 8.42 Å². The first kappa shape index (κ1) is 19.2. The zero-order chi connectivity index (χ0) is 19.7. The van der Waals surface area contributed by atoms with Crippen molar-refractivity contribution in [3.05, 3.63) is 71.5 Å². The summed E-state index contributed by atoms with van der Waals surface area (Å²) < 4.78 is 29.1. The minimum absolute atomic E-state index is 0.351. The Labute approximate surface area is 171 Å². The van der Waals surface area contributed by atoms with E-state index in [0.29, 0.717) is 22.0 Å². The molecule has 1 unspecified atom stereocenters. The molecule has 0 radical (unpaired) electrons. The van der Waals surface area contributed by atoms with Crippen molar-refractivity contribution < 1.29 is 8.42 Å². The monoisotopic (exact) mass is 414 g/mol. The number of sulfone groups is 1. The highest BCUT2D eigenvalue weighted by Gasteiger charge is 2.32. The summed E-state index contributed by atoms with van der Waals surface area (Å²) in [5, 5.41) is 3.26. The number of hydrogen-bond donors (Lipinski definition) is 1. The molecule has 4 rings (SSSR count). The quantitative estimate of drug-likeness (QED) is 0.655. The van der Waals surface area contributed by atoms with E-state index < -0.39 is 15.2 Å². The topological polar surface area (TPSA) is 51.1 Å². The van der Waals surface area contributed by atoms with E-state index in [1.165, 1.54) is 0 Å². The number of para-hydroxylation sites is 1. The molecule has 28 heavy (non-hydrogen) atoms. The van der Waals surface area contributed by atoms with Crippen LogP contribution in [0, 0.1) is 6.92 Å². The maximum absolute atomic E-state index is 13.6. The maximum atomic E-state index is 13.6. The summed E-state index contributed by atoms with van der Waals surface area (Å²) in [5.41, 5.74) is 3.39. The molecule has 2 heterocycles. The number of hydrogen-bond acceptors (Lipinski definition) is 3. The Morgan fingerprint density at radius 3 is 2.57 bits per heavy atom. The van der Waals surface area contributed by atoms with Gasteiger partial charge in [-0.3, -0.25) is 0 Å². The van der Waals surface area contributed by atoms with Crippen molar-refractivity contribution in [2.75, 3.05) is 6.54 Å². The average molecular weight is 415 g/mol. The maximum Gasteiger partial charge on any atom is 0.196 e. The summed E-state index contributed by atoms with van der Waals surface area (Å²) in [6, 6.07) is 16.9. The fourth-order valence-corrected chi connectivity index (χ4v) is 5.90. The van der Waals surface area contributed by atoms with Crippen LogP contribution in [0.5, 0.6) is 0 Å². The highest BCUT2D eigenvalue weighted by molar-refractivity contribution is 7.92. The number of nitrogens with zero attached hydrogens (tertiary/aromatic N) is 1. The van der Waals surface area contributed by atoms with Crippen molar-refractivity contribution in [1.29, 1.82) is 0 Å². The second-order valence-corrected chi connectivity index (χ2v) is 9.70. The molecule has 0 saturated carbocycles. The molecule has 1 N–H and O–H groups in total. The van der Waals surface area contributed by atoms with Crippen LogP contribution in [0.15, 0.2) is 65.7 Å². The zero-order valence-electron chi connectivity index (χ0n) is 15.7. The van der Waals surface area contributed by atoms with Gasteiger partial charge in [-0.05, 0) is 68.6 Å². The summed E-state index contributed by atoms with van der Waals surface area (Å²) in [5.74, 6) is 0. The normalized spacial score (nSPS) is 17.6. The van der Waals surface area contributed by atoms with E-state index in [9.17, 15) is 8.42 Å². The van der Waals surface area contributed by atoms with Crippen LogP contribution in [-0.4, -0.2) is 24.9 Å². The van der Waals surface area contributed by atoms with Gasteiger partial charge in [-0.15, -0.1) is 0 Å². The lowest BCUT2D eigenvalue weighted by Crippen LogP contribution is -2.40. The highest BCUT2D eigenvalue weighted by atomic mass is 35.5. The molecule has 1 atom stereocenters. The molecule has 0 aliphatic carbocycles. The number of aryl methyl sites for hydroxylation is 1. The van der Waals surface area contributed by atoms with Crippen LogP contribution in [0.2, 0.25) is 5.02 Å². The molecule has 1 aromatic heterocycles. The lowest BCUT2D eigenvalue weighted by Gasteiger charge is -2.26. The second kappa shape index (κ2) is 7.74. The first-order valence-electron chi connectivity index (χ1n) is 9.49. The van der Waals surface area contributed by atoms with Crippen LogP contribution in [0.25, 0.3) is 16.8 Å². The minimum Gasteiger partial charge on any atom is -0.319 e. The Hall–Kier alpha value is -2.08. The Morgan fingerprint density at radius 1 is 1.07 bits per heavy atom. The molecule has 1 fully saturated rings. The van der Waals surface area contributed by atoms with Gasteiger partial charge < -0.3 is 9.88 Å². The van der Waals surface area contributed by atoms with Crippen LogP contribution >= 0.6 is 11.6 Å². The lowest BCUT2D eigenvalue weighted by molar-refractivity contribution is 0.461. The number of rotatable bonds is 4. The van der Waals surface area contributed by atoms with Gasteiger partial charge in [-0.2, -0.15) is 0 Å². The third-order valence-corrected chi connectivity index (χ3v) is 7.60. The van der Waals surface area contributed by atoms with Gasteiger partial charge in [0.2, 0.25) is 0 Å². The van der Waals surface area contributed by atoms with Crippen LogP contribution in [0.3, 0.4) is 0 Å². The summed E-state index contributed by atoms with van der Waals surface area (Å²) in [6.45, 7) is 2.71. The summed E-state index contributed by atoms with van der Waals surface area (Å²) in [4.78, 5) is 0.351. The van der Waals surface area contributed by atoms with Crippen molar-refractivity contribution in [2.24, 2.45) is 0 Å². The largest absolute Gasteiger partial charge is 0.319 e. The summed E-state index contributed by atoms with van der Waals surface area (Å²) in [7, 11) is -3.54. The molecule has 1 saturated heterocycles. The fourth-order valence-electron chi connectivity index (χ4n) is 3.84. The molecule has 1 aliphatic rings. The second-order valence-electron chi connectivity index (χ2n) is 7.17. The van der Waals surface area contributed by atoms with E-state index in [-0.39, 0.29) is 0 Å². The first-order valence-corrected chi connectivity index (χ1v) is 11.4. The number of benzene rings is 2. The van der Waals surface area contributed by atoms with E-state index in [1.54, 1.807) is 6.07 Å². The lowest BCUT2D eigenvalue weighted by atomic mass is 10.0. The summed E-state index contributed by atoms with van der Waals surface area (Å²) in [6.07, 6.45) is 4.47. The van der Waals surface area contributed by atoms with Crippen LogP contribution in [-0.2, 0) is 9.84 Å². The molecule has 3 aromatic rings. The van der Waals surface area contributed by atoms with Gasteiger partial charge >= 0.3 is 0 Å². The SMILES string of the molecule is Cc1cccn1-c1c(-c2cccc(Cl)c2)cccc1S(=O)(=O)C1CCCCN1. The van der Waals surface area contributed by atoms with Crippen LogP contribution in [0.4, 0.5) is 0 Å². The number of aromatic nitrogens is 1. The van der Waals surface area contributed by atoms with Gasteiger partial charge in [-0.1, -0.05) is 35.9 Å². The molecule has 6 heteroatoms. The first-order chi connectivity index (χ1) is 13.5. The van der Waals surface area contributed by atoms with E-state index >= 15 is 0 Å². The zero-order valence-corrected chi connectivity index (χ0v) is 17.3.